The highest BCUT2D eigenvalue weighted by atomic mass is 35.5. The summed E-state index contributed by atoms with van der Waals surface area (Å²) < 4.78 is 1.85. The third-order valence-corrected chi connectivity index (χ3v) is 7.28. The predicted molar refractivity (Wildman–Crippen MR) is 136 cm³/mol. The van der Waals surface area contributed by atoms with Gasteiger partial charge in [0.1, 0.15) is 11.6 Å². The number of anilines is 1. The molecule has 7 nitrogen and oxygen atoms in total. The van der Waals surface area contributed by atoms with Gasteiger partial charge in [0.25, 0.3) is 0 Å². The summed E-state index contributed by atoms with van der Waals surface area (Å²) in [6.45, 7) is 7.47. The maximum Gasteiger partial charge on any atom is 0.225 e. The van der Waals surface area contributed by atoms with Gasteiger partial charge in [0, 0.05) is 43.5 Å². The van der Waals surface area contributed by atoms with Crippen molar-refractivity contribution in [3.63, 3.8) is 0 Å². The van der Waals surface area contributed by atoms with E-state index in [9.17, 15) is 4.79 Å². The second-order valence-corrected chi connectivity index (χ2v) is 10.4. The maximum atomic E-state index is 12.9. The Bertz CT molecular complexity index is 1160. The first-order valence-electron chi connectivity index (χ1n) is 12.5. The lowest BCUT2D eigenvalue weighted by Crippen LogP contribution is -2.50. The third kappa shape index (κ3) is 4.76. The molecular formula is C26H33ClN6O. The molecular weight excluding hydrogens is 448 g/mol. The van der Waals surface area contributed by atoms with Gasteiger partial charge in [0.2, 0.25) is 5.91 Å². The molecule has 3 aromatic rings. The quantitative estimate of drug-likeness (QED) is 0.502. The van der Waals surface area contributed by atoms with Crippen molar-refractivity contribution >= 4 is 34.4 Å². The van der Waals surface area contributed by atoms with Crippen LogP contribution >= 0.6 is 11.6 Å². The Hall–Kier alpha value is -2.67. The van der Waals surface area contributed by atoms with E-state index in [0.717, 1.165) is 80.2 Å². The summed E-state index contributed by atoms with van der Waals surface area (Å²) in [6, 6.07) is 7.67. The summed E-state index contributed by atoms with van der Waals surface area (Å²) in [5, 5.41) is 6.26. The highest BCUT2D eigenvalue weighted by Gasteiger charge is 2.30. The number of aryl methyl sites for hydroxylation is 1. The van der Waals surface area contributed by atoms with Crippen molar-refractivity contribution in [2.45, 2.75) is 52.4 Å². The standard InChI is InChI=1S/C26H33ClN6O/c1-18(2)10-11-23-29-24(31-12-14-32(15-13-31)26(34)19-6-3-4-7-19)22-17-28-33(25(22)30-23)21-9-5-8-20(27)16-21/h5,8-9,16-19H,3-4,6-7,10-15H2,1-2H3. The van der Waals surface area contributed by atoms with E-state index in [1.54, 1.807) is 0 Å². The number of aromatic nitrogens is 4. The molecule has 0 spiro atoms. The molecule has 1 aliphatic heterocycles. The number of fused-ring (bicyclic) bond motifs is 1. The van der Waals surface area contributed by atoms with E-state index < -0.39 is 0 Å². The van der Waals surface area contributed by atoms with Gasteiger partial charge < -0.3 is 9.80 Å². The highest BCUT2D eigenvalue weighted by Crippen LogP contribution is 2.30. The SMILES string of the molecule is CC(C)CCc1nc(N2CCN(C(=O)C3CCCC3)CC2)c2cnn(-c3cccc(Cl)c3)c2n1. The van der Waals surface area contributed by atoms with Gasteiger partial charge >= 0.3 is 0 Å². The van der Waals surface area contributed by atoms with Gasteiger partial charge in [-0.2, -0.15) is 5.10 Å². The first kappa shape index (κ1) is 23.1. The topological polar surface area (TPSA) is 67.2 Å². The molecule has 1 aromatic carbocycles. The zero-order valence-electron chi connectivity index (χ0n) is 20.1. The van der Waals surface area contributed by atoms with E-state index in [-0.39, 0.29) is 5.92 Å². The number of halogens is 1. The molecule has 2 aromatic heterocycles. The molecule has 1 saturated heterocycles. The van der Waals surface area contributed by atoms with Crippen LogP contribution in [-0.4, -0.2) is 56.7 Å². The van der Waals surface area contributed by atoms with Crippen LogP contribution in [0.25, 0.3) is 16.7 Å². The monoisotopic (exact) mass is 480 g/mol. The number of amides is 1. The van der Waals surface area contributed by atoms with Crippen LogP contribution in [0.3, 0.4) is 0 Å². The molecule has 0 bridgehead atoms. The molecule has 0 atom stereocenters. The Kier molecular flexibility index (Phi) is 6.73. The van der Waals surface area contributed by atoms with Crippen molar-refractivity contribution in [3.8, 4) is 5.69 Å². The van der Waals surface area contributed by atoms with Gasteiger partial charge in [0.05, 0.1) is 17.3 Å². The van der Waals surface area contributed by atoms with Crippen molar-refractivity contribution < 1.29 is 4.79 Å². The van der Waals surface area contributed by atoms with E-state index in [0.29, 0.717) is 16.8 Å². The summed E-state index contributed by atoms with van der Waals surface area (Å²) in [4.78, 5) is 27.2. The summed E-state index contributed by atoms with van der Waals surface area (Å²) in [5.41, 5.74) is 1.68. The highest BCUT2D eigenvalue weighted by molar-refractivity contribution is 6.30. The van der Waals surface area contributed by atoms with Crippen LogP contribution < -0.4 is 4.90 Å². The normalized spacial score (nSPS) is 17.3. The largest absolute Gasteiger partial charge is 0.352 e. The van der Waals surface area contributed by atoms with E-state index in [2.05, 4.69) is 28.7 Å². The molecule has 3 heterocycles. The maximum absolute atomic E-state index is 12.9. The van der Waals surface area contributed by atoms with Gasteiger partial charge in [-0.3, -0.25) is 4.79 Å². The second-order valence-electron chi connectivity index (χ2n) is 9.96. The van der Waals surface area contributed by atoms with Crippen LogP contribution in [0.15, 0.2) is 30.5 Å². The summed E-state index contributed by atoms with van der Waals surface area (Å²) in [7, 11) is 0. The minimum Gasteiger partial charge on any atom is -0.352 e. The van der Waals surface area contributed by atoms with E-state index >= 15 is 0 Å². The first-order valence-corrected chi connectivity index (χ1v) is 12.9. The van der Waals surface area contributed by atoms with Crippen molar-refractivity contribution in [1.29, 1.82) is 0 Å². The molecule has 1 aliphatic carbocycles. The average Bonchev–Trinajstić information content (AvgIpc) is 3.52. The summed E-state index contributed by atoms with van der Waals surface area (Å²) >= 11 is 6.25. The van der Waals surface area contributed by atoms with Crippen LogP contribution in [0.4, 0.5) is 5.82 Å². The van der Waals surface area contributed by atoms with E-state index in [1.807, 2.05) is 35.1 Å². The molecule has 2 aliphatic rings. The van der Waals surface area contributed by atoms with Gasteiger partial charge in [-0.1, -0.05) is 44.4 Å². The second kappa shape index (κ2) is 9.90. The molecule has 34 heavy (non-hydrogen) atoms. The smallest absolute Gasteiger partial charge is 0.225 e. The zero-order valence-corrected chi connectivity index (χ0v) is 20.8. The number of hydrogen-bond acceptors (Lipinski definition) is 5. The van der Waals surface area contributed by atoms with Gasteiger partial charge in [-0.05, 0) is 43.4 Å². The van der Waals surface area contributed by atoms with Crippen molar-refractivity contribution in [2.75, 3.05) is 31.1 Å². The van der Waals surface area contributed by atoms with Gasteiger partial charge in [-0.25, -0.2) is 14.6 Å². The lowest BCUT2D eigenvalue weighted by Gasteiger charge is -2.36. The summed E-state index contributed by atoms with van der Waals surface area (Å²) in [5.74, 6) is 2.91. The van der Waals surface area contributed by atoms with Crippen LogP contribution in [0.1, 0.15) is 51.8 Å². The Morgan fingerprint density at radius 2 is 1.88 bits per heavy atom. The number of rotatable bonds is 6. The first-order chi connectivity index (χ1) is 16.5. The van der Waals surface area contributed by atoms with Gasteiger partial charge in [-0.15, -0.1) is 0 Å². The van der Waals surface area contributed by atoms with Crippen molar-refractivity contribution in [3.05, 3.63) is 41.3 Å². The zero-order chi connectivity index (χ0) is 23.7. The molecule has 2 fully saturated rings. The number of benzene rings is 1. The Labute approximate surface area is 206 Å². The van der Waals surface area contributed by atoms with E-state index in [4.69, 9.17) is 21.6 Å². The van der Waals surface area contributed by atoms with E-state index in [1.165, 1.54) is 12.8 Å². The Morgan fingerprint density at radius 1 is 1.12 bits per heavy atom. The van der Waals surface area contributed by atoms with Gasteiger partial charge in [0.15, 0.2) is 5.65 Å². The number of nitrogens with zero attached hydrogens (tertiary/aromatic N) is 6. The molecule has 0 unspecified atom stereocenters. The molecule has 1 saturated carbocycles. The minimum atomic E-state index is 0.232. The lowest BCUT2D eigenvalue weighted by atomic mass is 10.1. The molecule has 5 rings (SSSR count). The summed E-state index contributed by atoms with van der Waals surface area (Å²) in [6.07, 6.45) is 8.17. The predicted octanol–water partition coefficient (Wildman–Crippen LogP) is 4.90. The van der Waals surface area contributed by atoms with Crippen LogP contribution in [-0.2, 0) is 11.2 Å². The molecule has 1 amide bonds. The lowest BCUT2D eigenvalue weighted by molar-refractivity contribution is -0.135. The number of hydrogen-bond donors (Lipinski definition) is 0. The molecule has 0 radical (unpaired) electrons. The van der Waals surface area contributed by atoms with Crippen LogP contribution in [0.5, 0.6) is 0 Å². The molecule has 8 heteroatoms. The fourth-order valence-electron chi connectivity index (χ4n) is 5.07. The van der Waals surface area contributed by atoms with Crippen molar-refractivity contribution in [2.24, 2.45) is 11.8 Å². The average molecular weight is 481 g/mol. The third-order valence-electron chi connectivity index (χ3n) is 7.05. The fraction of sp³-hybridized carbons (Fsp3) is 0.538. The minimum absolute atomic E-state index is 0.232. The molecule has 180 valence electrons. The Morgan fingerprint density at radius 3 is 2.59 bits per heavy atom. The number of carbonyl (C=O) groups is 1. The van der Waals surface area contributed by atoms with Crippen LogP contribution in [0.2, 0.25) is 5.02 Å². The Balaban J connectivity index is 1.44. The van der Waals surface area contributed by atoms with Crippen LogP contribution in [0, 0.1) is 11.8 Å². The van der Waals surface area contributed by atoms with Crippen molar-refractivity contribution in [1.82, 2.24) is 24.6 Å². The number of piperazine rings is 1. The molecule has 0 N–H and O–H groups in total. The number of carbonyl (C=O) groups excluding carboxylic acids is 1. The fourth-order valence-corrected chi connectivity index (χ4v) is 5.26.